The molecule has 2 rings (SSSR count). The molecule has 0 aliphatic carbocycles. The average molecular weight is 314 g/mol. The predicted octanol–water partition coefficient (Wildman–Crippen LogP) is 0.960. The van der Waals surface area contributed by atoms with Gasteiger partial charge in [-0.2, -0.15) is 0 Å². The van der Waals surface area contributed by atoms with Gasteiger partial charge < -0.3 is 5.73 Å². The van der Waals surface area contributed by atoms with Crippen LogP contribution in [0.4, 0.5) is 0 Å². The van der Waals surface area contributed by atoms with Gasteiger partial charge in [-0.05, 0) is 24.6 Å². The van der Waals surface area contributed by atoms with Gasteiger partial charge in [0.25, 0.3) is 0 Å². The lowest BCUT2D eigenvalue weighted by Crippen LogP contribution is -2.33. The van der Waals surface area contributed by atoms with Crippen LogP contribution in [0.25, 0.3) is 10.9 Å². The molecule has 0 fully saturated rings. The van der Waals surface area contributed by atoms with E-state index >= 15 is 0 Å². The molecular weight excluding hydrogens is 302 g/mol. The van der Waals surface area contributed by atoms with Gasteiger partial charge in [0, 0.05) is 5.39 Å². The molecule has 0 atom stereocenters. The number of hydrogen-bond donors (Lipinski definition) is 2. The van der Waals surface area contributed by atoms with E-state index < -0.39 is 22.5 Å². The molecule has 0 spiro atoms. The largest absolute Gasteiger partial charge is 0.369 e. The van der Waals surface area contributed by atoms with E-state index in [2.05, 4.69) is 9.71 Å². The van der Waals surface area contributed by atoms with Gasteiger partial charge in [-0.1, -0.05) is 23.7 Å². The third-order valence-electron chi connectivity index (χ3n) is 2.66. The van der Waals surface area contributed by atoms with Crippen LogP contribution in [0.1, 0.15) is 5.56 Å². The summed E-state index contributed by atoms with van der Waals surface area (Å²) in [5, 5.41) is 0.879. The van der Waals surface area contributed by atoms with Crippen molar-refractivity contribution in [1.82, 2.24) is 9.71 Å². The second kappa shape index (κ2) is 5.35. The van der Waals surface area contributed by atoms with Crippen LogP contribution in [0.2, 0.25) is 5.15 Å². The highest BCUT2D eigenvalue weighted by Gasteiger charge is 2.19. The molecule has 0 radical (unpaired) electrons. The summed E-state index contributed by atoms with van der Waals surface area (Å²) in [7, 11) is -3.88. The zero-order chi connectivity index (χ0) is 14.9. The number of benzene rings is 1. The van der Waals surface area contributed by atoms with Gasteiger partial charge in [0.1, 0.15) is 10.0 Å². The number of para-hydroxylation sites is 1. The number of sulfonamides is 1. The van der Waals surface area contributed by atoms with Crippen LogP contribution in [0, 0.1) is 6.92 Å². The second-order valence-electron chi connectivity index (χ2n) is 4.21. The SMILES string of the molecule is Cc1cc2cccc(S(=O)(=O)NCC(N)=O)c2nc1Cl. The van der Waals surface area contributed by atoms with E-state index in [-0.39, 0.29) is 15.6 Å². The van der Waals surface area contributed by atoms with Crippen LogP contribution in [-0.2, 0) is 14.8 Å². The van der Waals surface area contributed by atoms with Crippen molar-refractivity contribution >= 4 is 38.4 Å². The Hall–Kier alpha value is -1.70. The number of nitrogens with zero attached hydrogens (tertiary/aromatic N) is 1. The zero-order valence-corrected chi connectivity index (χ0v) is 12.1. The summed E-state index contributed by atoms with van der Waals surface area (Å²) in [5.74, 6) is -0.768. The van der Waals surface area contributed by atoms with Crippen LogP contribution in [0.3, 0.4) is 0 Å². The molecule has 2 aromatic rings. The van der Waals surface area contributed by atoms with Gasteiger partial charge in [0.2, 0.25) is 15.9 Å². The maximum Gasteiger partial charge on any atom is 0.243 e. The molecule has 0 saturated carbocycles. The minimum Gasteiger partial charge on any atom is -0.369 e. The Morgan fingerprint density at radius 2 is 2.15 bits per heavy atom. The van der Waals surface area contributed by atoms with Crippen molar-refractivity contribution in [2.75, 3.05) is 6.54 Å². The van der Waals surface area contributed by atoms with Crippen molar-refractivity contribution in [1.29, 1.82) is 0 Å². The number of aryl methyl sites for hydroxylation is 1. The van der Waals surface area contributed by atoms with E-state index in [0.29, 0.717) is 5.39 Å². The van der Waals surface area contributed by atoms with Crippen molar-refractivity contribution in [2.24, 2.45) is 5.73 Å². The zero-order valence-electron chi connectivity index (χ0n) is 10.6. The predicted molar refractivity (Wildman–Crippen MR) is 75.9 cm³/mol. The number of rotatable bonds is 4. The van der Waals surface area contributed by atoms with E-state index in [4.69, 9.17) is 17.3 Å². The molecule has 0 unspecified atom stereocenters. The Labute approximate surface area is 121 Å². The lowest BCUT2D eigenvalue weighted by Gasteiger charge is -2.09. The van der Waals surface area contributed by atoms with Crippen molar-refractivity contribution < 1.29 is 13.2 Å². The molecule has 1 heterocycles. The topological polar surface area (TPSA) is 102 Å². The van der Waals surface area contributed by atoms with E-state index in [0.717, 1.165) is 5.56 Å². The molecule has 106 valence electrons. The fraction of sp³-hybridized carbons (Fsp3) is 0.167. The smallest absolute Gasteiger partial charge is 0.243 e. The number of halogens is 1. The lowest BCUT2D eigenvalue weighted by atomic mass is 10.2. The van der Waals surface area contributed by atoms with E-state index in [1.54, 1.807) is 25.1 Å². The van der Waals surface area contributed by atoms with Crippen LogP contribution in [-0.4, -0.2) is 25.9 Å². The summed E-state index contributed by atoms with van der Waals surface area (Å²) in [6.45, 7) is 1.31. The van der Waals surface area contributed by atoms with Crippen molar-refractivity contribution in [3.05, 3.63) is 35.0 Å². The number of fused-ring (bicyclic) bond motifs is 1. The number of aromatic nitrogens is 1. The first-order chi connectivity index (χ1) is 9.31. The molecule has 3 N–H and O–H groups in total. The minimum atomic E-state index is -3.88. The Morgan fingerprint density at radius 3 is 2.80 bits per heavy atom. The highest BCUT2D eigenvalue weighted by molar-refractivity contribution is 7.89. The van der Waals surface area contributed by atoms with Crippen LogP contribution in [0.15, 0.2) is 29.2 Å². The number of hydrogen-bond acceptors (Lipinski definition) is 4. The van der Waals surface area contributed by atoms with E-state index in [9.17, 15) is 13.2 Å². The number of carbonyl (C=O) groups excluding carboxylic acids is 1. The van der Waals surface area contributed by atoms with E-state index in [1.165, 1.54) is 6.07 Å². The van der Waals surface area contributed by atoms with Gasteiger partial charge in [-0.3, -0.25) is 4.79 Å². The Bertz CT molecular complexity index is 790. The number of amides is 1. The van der Waals surface area contributed by atoms with Crippen molar-refractivity contribution in [3.8, 4) is 0 Å². The maximum atomic E-state index is 12.1. The summed E-state index contributed by atoms with van der Waals surface area (Å²) in [4.78, 5) is 14.8. The molecule has 0 saturated heterocycles. The second-order valence-corrected chi connectivity index (χ2v) is 6.31. The number of carbonyl (C=O) groups is 1. The van der Waals surface area contributed by atoms with Gasteiger partial charge in [0.15, 0.2) is 0 Å². The first kappa shape index (κ1) is 14.7. The molecule has 1 aromatic heterocycles. The van der Waals surface area contributed by atoms with Gasteiger partial charge >= 0.3 is 0 Å². The summed E-state index contributed by atoms with van der Waals surface area (Å²) < 4.78 is 26.4. The Balaban J connectivity index is 2.60. The molecule has 0 bridgehead atoms. The monoisotopic (exact) mass is 313 g/mol. The summed E-state index contributed by atoms with van der Waals surface area (Å²) in [5.41, 5.74) is 5.93. The van der Waals surface area contributed by atoms with Gasteiger partial charge in [-0.15, -0.1) is 0 Å². The molecule has 6 nitrogen and oxygen atoms in total. The Morgan fingerprint density at radius 1 is 1.45 bits per heavy atom. The summed E-state index contributed by atoms with van der Waals surface area (Å²) in [6, 6.07) is 6.47. The van der Waals surface area contributed by atoms with E-state index in [1.807, 2.05) is 0 Å². The number of pyridine rings is 1. The van der Waals surface area contributed by atoms with Crippen LogP contribution >= 0.6 is 11.6 Å². The molecule has 0 aliphatic rings. The third-order valence-corrected chi connectivity index (χ3v) is 4.48. The number of primary amides is 1. The van der Waals surface area contributed by atoms with Crippen molar-refractivity contribution in [3.63, 3.8) is 0 Å². The van der Waals surface area contributed by atoms with Crippen LogP contribution in [0.5, 0.6) is 0 Å². The highest BCUT2D eigenvalue weighted by Crippen LogP contribution is 2.25. The number of nitrogens with two attached hydrogens (primary N) is 1. The maximum absolute atomic E-state index is 12.1. The normalized spacial score (nSPS) is 11.7. The standard InChI is InChI=1S/C12H12ClN3O3S/c1-7-5-8-3-2-4-9(11(8)16-12(7)13)20(18,19)15-6-10(14)17/h2-5,15H,6H2,1H3,(H2,14,17). The van der Waals surface area contributed by atoms with Crippen molar-refractivity contribution in [2.45, 2.75) is 11.8 Å². The third kappa shape index (κ3) is 2.90. The first-order valence-electron chi connectivity index (χ1n) is 5.65. The molecule has 1 aromatic carbocycles. The fourth-order valence-electron chi connectivity index (χ4n) is 1.72. The quantitative estimate of drug-likeness (QED) is 0.821. The molecular formula is C12H12ClN3O3S. The van der Waals surface area contributed by atoms with Gasteiger partial charge in [0.05, 0.1) is 12.1 Å². The fourth-order valence-corrected chi connectivity index (χ4v) is 3.02. The highest BCUT2D eigenvalue weighted by atomic mass is 35.5. The number of nitrogens with one attached hydrogen (secondary N) is 1. The summed E-state index contributed by atoms with van der Waals surface area (Å²) in [6.07, 6.45) is 0. The molecule has 20 heavy (non-hydrogen) atoms. The van der Waals surface area contributed by atoms with Crippen LogP contribution < -0.4 is 10.5 Å². The molecule has 1 amide bonds. The minimum absolute atomic E-state index is 0.0434. The van der Waals surface area contributed by atoms with Gasteiger partial charge in [-0.25, -0.2) is 18.1 Å². The molecule has 8 heteroatoms. The lowest BCUT2D eigenvalue weighted by molar-refractivity contribution is -0.116. The molecule has 0 aliphatic heterocycles. The average Bonchev–Trinajstić information content (AvgIpc) is 2.37. The summed E-state index contributed by atoms with van der Waals surface area (Å²) >= 11 is 5.94. The first-order valence-corrected chi connectivity index (χ1v) is 7.51. The Kier molecular flexibility index (Phi) is 3.94.